The Morgan fingerprint density at radius 1 is 0.875 bits per heavy atom. The average molecular weight is 431 g/mol. The van der Waals surface area contributed by atoms with Gasteiger partial charge in [-0.25, -0.2) is 0 Å². The summed E-state index contributed by atoms with van der Waals surface area (Å²) in [7, 11) is 0. The molecule has 4 heteroatoms. The van der Waals surface area contributed by atoms with Crippen LogP contribution < -0.4 is 4.90 Å². The molecular formula is C28H34N2O2. The molecule has 2 aromatic rings. The van der Waals surface area contributed by atoms with Gasteiger partial charge >= 0.3 is 0 Å². The molecule has 1 saturated carbocycles. The van der Waals surface area contributed by atoms with Crippen LogP contribution in [0.25, 0.3) is 5.57 Å². The van der Waals surface area contributed by atoms with Crippen LogP contribution in [-0.2, 0) is 9.59 Å². The molecule has 0 atom stereocenters. The monoisotopic (exact) mass is 430 g/mol. The number of amides is 2. The van der Waals surface area contributed by atoms with E-state index in [9.17, 15) is 9.59 Å². The van der Waals surface area contributed by atoms with Crippen molar-refractivity contribution in [3.63, 3.8) is 0 Å². The van der Waals surface area contributed by atoms with Crippen molar-refractivity contribution < 1.29 is 9.59 Å². The van der Waals surface area contributed by atoms with Crippen molar-refractivity contribution in [1.82, 2.24) is 4.90 Å². The van der Waals surface area contributed by atoms with Crippen molar-refractivity contribution >= 4 is 23.1 Å². The Balaban J connectivity index is 1.84. The number of nitrogens with zero attached hydrogens (tertiary/aromatic N) is 2. The van der Waals surface area contributed by atoms with Crippen LogP contribution in [0.1, 0.15) is 68.6 Å². The molecule has 2 aliphatic rings. The Kier molecular flexibility index (Phi) is 6.78. The summed E-state index contributed by atoms with van der Waals surface area (Å²) < 4.78 is 0. The number of benzene rings is 2. The van der Waals surface area contributed by atoms with Crippen molar-refractivity contribution in [3.05, 3.63) is 70.9 Å². The summed E-state index contributed by atoms with van der Waals surface area (Å²) in [5, 5.41) is 0. The molecule has 1 heterocycles. The number of hydrogen-bond donors (Lipinski definition) is 0. The molecule has 4 nitrogen and oxygen atoms in total. The molecule has 0 radical (unpaired) electrons. The SMILES string of the molecule is CCN(C1=C(c2ccc(C)cc2C)C(=O)N(C2CCCCCCC2)C1=O)c1ccccc1. The number of imide groups is 1. The van der Waals surface area contributed by atoms with Crippen molar-refractivity contribution in [2.75, 3.05) is 11.4 Å². The van der Waals surface area contributed by atoms with Gasteiger partial charge in [-0.15, -0.1) is 0 Å². The second kappa shape index (κ2) is 9.72. The standard InChI is InChI=1S/C28H34N2O2/c1-4-29(22-13-11-8-12-14-22)26-25(24-18-17-20(2)19-21(24)3)27(31)30(28(26)32)23-15-9-6-5-7-10-16-23/h8,11-14,17-19,23H,4-7,9-10,15-16H2,1-3H3. The highest BCUT2D eigenvalue weighted by atomic mass is 16.2. The van der Waals surface area contributed by atoms with E-state index in [2.05, 4.69) is 13.0 Å². The number of anilines is 1. The molecule has 1 aliphatic carbocycles. The highest BCUT2D eigenvalue weighted by Crippen LogP contribution is 2.38. The first-order valence-electron chi connectivity index (χ1n) is 12.0. The van der Waals surface area contributed by atoms with Gasteiger partial charge in [0.25, 0.3) is 11.8 Å². The molecule has 0 spiro atoms. The van der Waals surface area contributed by atoms with E-state index in [1.165, 1.54) is 19.3 Å². The molecule has 0 aromatic heterocycles. The molecule has 32 heavy (non-hydrogen) atoms. The van der Waals surface area contributed by atoms with Gasteiger partial charge < -0.3 is 4.90 Å². The Morgan fingerprint density at radius 2 is 1.53 bits per heavy atom. The number of carbonyl (C=O) groups is 2. The Labute approximate surface area is 191 Å². The van der Waals surface area contributed by atoms with Crippen LogP contribution in [0.3, 0.4) is 0 Å². The summed E-state index contributed by atoms with van der Waals surface area (Å²) in [5.41, 5.74) is 5.07. The predicted molar refractivity (Wildman–Crippen MR) is 130 cm³/mol. The third kappa shape index (κ3) is 4.23. The van der Waals surface area contributed by atoms with E-state index in [-0.39, 0.29) is 17.9 Å². The van der Waals surface area contributed by atoms with Gasteiger partial charge in [-0.1, -0.05) is 74.1 Å². The van der Waals surface area contributed by atoms with Crippen LogP contribution >= 0.6 is 0 Å². The Hall–Kier alpha value is -2.88. The highest BCUT2D eigenvalue weighted by Gasteiger charge is 2.45. The van der Waals surface area contributed by atoms with Gasteiger partial charge in [-0.05, 0) is 56.9 Å². The van der Waals surface area contributed by atoms with E-state index in [0.717, 1.165) is 48.1 Å². The zero-order valence-electron chi connectivity index (χ0n) is 19.6. The van der Waals surface area contributed by atoms with Crippen LogP contribution in [0.2, 0.25) is 0 Å². The summed E-state index contributed by atoms with van der Waals surface area (Å²) in [6.07, 6.45) is 7.58. The smallest absolute Gasteiger partial charge is 0.278 e. The van der Waals surface area contributed by atoms with Crippen molar-refractivity contribution in [3.8, 4) is 0 Å². The van der Waals surface area contributed by atoms with E-state index in [1.54, 1.807) is 4.90 Å². The van der Waals surface area contributed by atoms with Crippen LogP contribution in [0.5, 0.6) is 0 Å². The average Bonchev–Trinajstić information content (AvgIpc) is 3.00. The fourth-order valence-corrected chi connectivity index (χ4v) is 5.22. The lowest BCUT2D eigenvalue weighted by Gasteiger charge is -2.30. The fraction of sp³-hybridized carbons (Fsp3) is 0.429. The Morgan fingerprint density at radius 3 is 2.16 bits per heavy atom. The lowest BCUT2D eigenvalue weighted by molar-refractivity contribution is -0.140. The van der Waals surface area contributed by atoms with E-state index in [0.29, 0.717) is 17.8 Å². The molecule has 2 amide bonds. The minimum Gasteiger partial charge on any atom is -0.337 e. The lowest BCUT2D eigenvalue weighted by Crippen LogP contribution is -2.43. The first-order valence-corrected chi connectivity index (χ1v) is 12.0. The number of aryl methyl sites for hydroxylation is 2. The predicted octanol–water partition coefficient (Wildman–Crippen LogP) is 6.02. The quantitative estimate of drug-likeness (QED) is 0.544. The maximum absolute atomic E-state index is 14.0. The summed E-state index contributed by atoms with van der Waals surface area (Å²) in [6, 6.07) is 16.1. The molecule has 1 aliphatic heterocycles. The molecule has 2 aromatic carbocycles. The third-order valence-corrected chi connectivity index (χ3v) is 6.84. The van der Waals surface area contributed by atoms with E-state index in [1.807, 2.05) is 61.2 Å². The van der Waals surface area contributed by atoms with Crippen molar-refractivity contribution in [2.45, 2.75) is 71.8 Å². The molecule has 0 bridgehead atoms. The van der Waals surface area contributed by atoms with E-state index >= 15 is 0 Å². The third-order valence-electron chi connectivity index (χ3n) is 6.84. The number of para-hydroxylation sites is 1. The summed E-state index contributed by atoms with van der Waals surface area (Å²) in [4.78, 5) is 31.5. The largest absolute Gasteiger partial charge is 0.337 e. The molecule has 0 N–H and O–H groups in total. The van der Waals surface area contributed by atoms with Gasteiger partial charge in [0, 0.05) is 18.3 Å². The van der Waals surface area contributed by atoms with Gasteiger partial charge in [-0.3, -0.25) is 14.5 Å². The minimum atomic E-state index is -0.138. The number of rotatable bonds is 5. The van der Waals surface area contributed by atoms with Gasteiger partial charge in [-0.2, -0.15) is 0 Å². The first-order chi connectivity index (χ1) is 15.5. The number of likely N-dealkylation sites (N-methyl/N-ethyl adjacent to an activating group) is 1. The van der Waals surface area contributed by atoms with Crippen molar-refractivity contribution in [2.24, 2.45) is 0 Å². The van der Waals surface area contributed by atoms with Gasteiger partial charge in [0.2, 0.25) is 0 Å². The van der Waals surface area contributed by atoms with Crippen LogP contribution in [0.4, 0.5) is 5.69 Å². The molecule has 1 fully saturated rings. The second-order valence-electron chi connectivity index (χ2n) is 9.10. The maximum atomic E-state index is 14.0. The topological polar surface area (TPSA) is 40.6 Å². The maximum Gasteiger partial charge on any atom is 0.278 e. The van der Waals surface area contributed by atoms with Gasteiger partial charge in [0.1, 0.15) is 5.70 Å². The van der Waals surface area contributed by atoms with Crippen LogP contribution in [0.15, 0.2) is 54.2 Å². The summed E-state index contributed by atoms with van der Waals surface area (Å²) >= 11 is 0. The zero-order chi connectivity index (χ0) is 22.7. The molecule has 0 unspecified atom stereocenters. The lowest BCUT2D eigenvalue weighted by atomic mass is 9.95. The molecule has 0 saturated heterocycles. The second-order valence-corrected chi connectivity index (χ2v) is 9.10. The van der Waals surface area contributed by atoms with Crippen LogP contribution in [-0.4, -0.2) is 29.3 Å². The van der Waals surface area contributed by atoms with Gasteiger partial charge in [0.15, 0.2) is 0 Å². The van der Waals surface area contributed by atoms with Crippen molar-refractivity contribution in [1.29, 1.82) is 0 Å². The Bertz CT molecular complexity index is 1020. The number of carbonyl (C=O) groups excluding carboxylic acids is 2. The summed E-state index contributed by atoms with van der Waals surface area (Å²) in [6.45, 7) is 6.74. The van der Waals surface area contributed by atoms with E-state index < -0.39 is 0 Å². The first kappa shape index (κ1) is 22.3. The summed E-state index contributed by atoms with van der Waals surface area (Å²) in [5.74, 6) is -0.266. The molecule has 168 valence electrons. The van der Waals surface area contributed by atoms with Crippen LogP contribution in [0, 0.1) is 13.8 Å². The normalized spacial score (nSPS) is 18.2. The molecular weight excluding hydrogens is 396 g/mol. The number of hydrogen-bond acceptors (Lipinski definition) is 3. The van der Waals surface area contributed by atoms with E-state index in [4.69, 9.17) is 0 Å². The van der Waals surface area contributed by atoms with Gasteiger partial charge in [0.05, 0.1) is 5.57 Å². The fourth-order valence-electron chi connectivity index (χ4n) is 5.22. The molecule has 4 rings (SSSR count). The highest BCUT2D eigenvalue weighted by molar-refractivity contribution is 6.37. The minimum absolute atomic E-state index is 0.0111. The zero-order valence-corrected chi connectivity index (χ0v) is 19.6.